The number of aliphatic carboxylic acids is 1. The van der Waals surface area contributed by atoms with E-state index in [0.29, 0.717) is 11.3 Å². The summed E-state index contributed by atoms with van der Waals surface area (Å²) in [6.07, 6.45) is -0.910. The molecular formula is C23H34ClFN2O4. The number of halogens is 2. The highest BCUT2D eigenvalue weighted by atomic mass is 35.5. The van der Waals surface area contributed by atoms with E-state index in [2.05, 4.69) is 4.98 Å². The summed E-state index contributed by atoms with van der Waals surface area (Å²) >= 11 is 5.96. The minimum atomic E-state index is -1.31. The third kappa shape index (κ3) is 4.13. The summed E-state index contributed by atoms with van der Waals surface area (Å²) in [6.45, 7) is 15.2. The zero-order chi connectivity index (χ0) is 24.2. The van der Waals surface area contributed by atoms with Gasteiger partial charge in [-0.1, -0.05) is 53.1 Å². The van der Waals surface area contributed by atoms with E-state index in [-0.39, 0.29) is 24.5 Å². The van der Waals surface area contributed by atoms with Gasteiger partial charge in [0.15, 0.2) is 11.0 Å². The van der Waals surface area contributed by atoms with Gasteiger partial charge in [-0.25, -0.2) is 14.2 Å². The molecule has 1 fully saturated rings. The Bertz CT molecular complexity index is 870. The van der Waals surface area contributed by atoms with E-state index >= 15 is 0 Å². The second-order valence-electron chi connectivity index (χ2n) is 11.1. The van der Waals surface area contributed by atoms with Crippen LogP contribution in [0, 0.1) is 34.9 Å². The van der Waals surface area contributed by atoms with Gasteiger partial charge in [-0.05, 0) is 42.7 Å². The molecule has 1 unspecified atom stereocenters. The molecule has 0 bridgehead atoms. The molecule has 1 aromatic heterocycles. The Kier molecular flexibility index (Phi) is 6.47. The van der Waals surface area contributed by atoms with E-state index in [4.69, 9.17) is 11.6 Å². The van der Waals surface area contributed by atoms with Crippen LogP contribution in [0.3, 0.4) is 0 Å². The summed E-state index contributed by atoms with van der Waals surface area (Å²) in [5.41, 5.74) is -2.74. The van der Waals surface area contributed by atoms with Crippen LogP contribution in [0.25, 0.3) is 0 Å². The number of pyridine rings is 1. The fraction of sp³-hybridized carbons (Fsp3) is 0.696. The number of likely N-dealkylation sites (tertiary alicyclic amines) is 1. The van der Waals surface area contributed by atoms with Crippen LogP contribution in [0.2, 0.25) is 5.15 Å². The molecule has 1 saturated heterocycles. The van der Waals surface area contributed by atoms with Gasteiger partial charge in [-0.2, -0.15) is 0 Å². The molecule has 2 rings (SSSR count). The Hall–Kier alpha value is -1.89. The van der Waals surface area contributed by atoms with Gasteiger partial charge in [0.1, 0.15) is 0 Å². The average molecular weight is 457 g/mol. The van der Waals surface area contributed by atoms with Gasteiger partial charge in [0.2, 0.25) is 0 Å². The molecule has 1 amide bonds. The molecular weight excluding hydrogens is 423 g/mol. The molecule has 0 aliphatic carbocycles. The number of amides is 1. The van der Waals surface area contributed by atoms with Crippen molar-refractivity contribution in [3.8, 4) is 0 Å². The van der Waals surface area contributed by atoms with Gasteiger partial charge in [-0.3, -0.25) is 4.79 Å². The lowest BCUT2D eigenvalue weighted by atomic mass is 9.47. The highest BCUT2D eigenvalue weighted by molar-refractivity contribution is 6.29. The van der Waals surface area contributed by atoms with Crippen molar-refractivity contribution >= 4 is 23.7 Å². The van der Waals surface area contributed by atoms with Crippen LogP contribution in [0.5, 0.6) is 0 Å². The molecule has 31 heavy (non-hydrogen) atoms. The quantitative estimate of drug-likeness (QED) is 0.573. The number of rotatable bonds is 3. The lowest BCUT2D eigenvalue weighted by Gasteiger charge is -2.64. The smallest absolute Gasteiger partial charge is 0.407 e. The number of hydrogen-bond donors (Lipinski definition) is 2. The Morgan fingerprint density at radius 3 is 2.19 bits per heavy atom. The predicted octanol–water partition coefficient (Wildman–Crippen LogP) is 5.65. The number of nitrogens with zero attached hydrogens (tertiary/aromatic N) is 2. The summed E-state index contributed by atoms with van der Waals surface area (Å²) in [7, 11) is 0. The predicted molar refractivity (Wildman–Crippen MR) is 118 cm³/mol. The monoisotopic (exact) mass is 456 g/mol. The largest absolute Gasteiger partial charge is 0.481 e. The maximum atomic E-state index is 14.0. The molecule has 1 aliphatic heterocycles. The van der Waals surface area contributed by atoms with E-state index in [1.54, 1.807) is 6.92 Å². The number of carboxylic acids is 1. The highest BCUT2D eigenvalue weighted by Gasteiger charge is 2.66. The first kappa shape index (κ1) is 25.4. The Labute approximate surface area is 188 Å². The Morgan fingerprint density at radius 1 is 1.26 bits per heavy atom. The zero-order valence-electron chi connectivity index (χ0n) is 19.6. The van der Waals surface area contributed by atoms with Gasteiger partial charge in [-0.15, -0.1) is 0 Å². The molecule has 0 spiro atoms. The van der Waals surface area contributed by atoms with E-state index in [9.17, 15) is 24.2 Å². The number of carboxylic acid groups (broad SMARTS) is 2. The molecule has 0 radical (unpaired) electrons. The first-order valence-electron chi connectivity index (χ1n) is 10.4. The second-order valence-corrected chi connectivity index (χ2v) is 11.4. The standard InChI is InChI=1S/C23H34ClFN2O4/c1-13-11-14(26-16(24)15(13)25)12-23(18(28)29)9-10-27(19(30)31)22(8,21(5,6)7)17(23)20(2,3)4/h11,17H,9-10,12H2,1-8H3,(H,28,29)(H,30,31)/t17?,22-,23-/m1/s1. The van der Waals surface area contributed by atoms with Crippen molar-refractivity contribution in [1.82, 2.24) is 9.88 Å². The summed E-state index contributed by atoms with van der Waals surface area (Å²) in [4.78, 5) is 30.8. The van der Waals surface area contributed by atoms with Crippen LogP contribution in [0.15, 0.2) is 6.07 Å². The first-order chi connectivity index (χ1) is 13.9. The maximum Gasteiger partial charge on any atom is 0.407 e. The fourth-order valence-corrected chi connectivity index (χ4v) is 6.04. The second kappa shape index (κ2) is 7.91. The van der Waals surface area contributed by atoms with E-state index in [0.717, 1.165) is 0 Å². The minimum Gasteiger partial charge on any atom is -0.481 e. The number of piperidine rings is 1. The maximum absolute atomic E-state index is 14.0. The van der Waals surface area contributed by atoms with Crippen molar-refractivity contribution in [2.24, 2.45) is 22.2 Å². The summed E-state index contributed by atoms with van der Waals surface area (Å²) in [5, 5.41) is 20.3. The van der Waals surface area contributed by atoms with Gasteiger partial charge in [0.05, 0.1) is 11.0 Å². The van der Waals surface area contributed by atoms with E-state index in [1.807, 2.05) is 48.5 Å². The van der Waals surface area contributed by atoms with Gasteiger partial charge < -0.3 is 15.1 Å². The third-order valence-corrected chi connectivity index (χ3v) is 7.40. The lowest BCUT2D eigenvalue weighted by molar-refractivity contribution is -0.188. The summed E-state index contributed by atoms with van der Waals surface area (Å²) in [6, 6.07) is 1.53. The Balaban J connectivity index is 2.82. The average Bonchev–Trinajstić information content (AvgIpc) is 2.56. The molecule has 6 nitrogen and oxygen atoms in total. The molecule has 2 N–H and O–H groups in total. The van der Waals surface area contributed by atoms with Crippen molar-refractivity contribution in [3.05, 3.63) is 28.3 Å². The van der Waals surface area contributed by atoms with Crippen molar-refractivity contribution in [2.45, 2.75) is 73.8 Å². The van der Waals surface area contributed by atoms with E-state index in [1.165, 1.54) is 11.0 Å². The van der Waals surface area contributed by atoms with Crippen molar-refractivity contribution in [3.63, 3.8) is 0 Å². The Morgan fingerprint density at radius 2 is 1.81 bits per heavy atom. The zero-order valence-corrected chi connectivity index (χ0v) is 20.4. The number of aromatic nitrogens is 1. The van der Waals surface area contributed by atoms with Gasteiger partial charge >= 0.3 is 12.1 Å². The summed E-state index contributed by atoms with van der Waals surface area (Å²) < 4.78 is 14.0. The SMILES string of the molecule is Cc1cc(C[C@]2(C(=O)O)CCN(C(=O)O)[C@@](C)(C(C)(C)C)C2C(C)(C)C)nc(Cl)c1F. The molecule has 0 saturated carbocycles. The molecule has 8 heteroatoms. The van der Waals surface area contributed by atoms with Crippen LogP contribution < -0.4 is 0 Å². The van der Waals surface area contributed by atoms with Crippen LogP contribution in [0.4, 0.5) is 9.18 Å². The first-order valence-corrected chi connectivity index (χ1v) is 10.8. The van der Waals surface area contributed by atoms with Crippen molar-refractivity contribution < 1.29 is 24.2 Å². The molecule has 174 valence electrons. The van der Waals surface area contributed by atoms with Crippen molar-refractivity contribution in [1.29, 1.82) is 0 Å². The van der Waals surface area contributed by atoms with Crippen molar-refractivity contribution in [2.75, 3.05) is 6.54 Å². The van der Waals surface area contributed by atoms with Crippen LogP contribution in [-0.2, 0) is 11.2 Å². The molecule has 2 heterocycles. The van der Waals surface area contributed by atoms with Gasteiger partial charge in [0.25, 0.3) is 0 Å². The van der Waals surface area contributed by atoms with Crippen LogP contribution in [-0.4, -0.2) is 44.2 Å². The van der Waals surface area contributed by atoms with Crippen LogP contribution >= 0.6 is 11.6 Å². The minimum absolute atomic E-state index is 0.0320. The highest BCUT2D eigenvalue weighted by Crippen LogP contribution is 2.60. The topological polar surface area (TPSA) is 90.7 Å². The lowest BCUT2D eigenvalue weighted by Crippen LogP contribution is -2.72. The van der Waals surface area contributed by atoms with Gasteiger partial charge in [0, 0.05) is 24.6 Å². The third-order valence-electron chi connectivity index (χ3n) is 7.15. The molecule has 3 atom stereocenters. The summed E-state index contributed by atoms with van der Waals surface area (Å²) in [5.74, 6) is -2.20. The normalized spacial score (nSPS) is 27.3. The molecule has 1 aliphatic rings. The molecule has 1 aromatic rings. The number of aryl methyl sites for hydroxylation is 1. The van der Waals surface area contributed by atoms with Crippen LogP contribution in [0.1, 0.15) is 66.1 Å². The number of carbonyl (C=O) groups is 2. The molecule has 0 aromatic carbocycles. The number of hydrogen-bond acceptors (Lipinski definition) is 3. The van der Waals surface area contributed by atoms with E-state index < -0.39 is 45.6 Å². The fourth-order valence-electron chi connectivity index (χ4n) is 5.78.